The first-order valence-electron chi connectivity index (χ1n) is 6.03. The molecule has 1 amide bonds. The standard InChI is InChI=1S/C13H18FN3O/c1-9-3-4-10(5-12(9)14)16-13(18)8-17(2)11-6-15-7-11/h3-5,11,15H,6-8H2,1-2H3,(H,16,18). The topological polar surface area (TPSA) is 44.4 Å². The van der Waals surface area contributed by atoms with Crippen molar-refractivity contribution in [2.45, 2.75) is 13.0 Å². The zero-order valence-corrected chi connectivity index (χ0v) is 10.7. The first-order valence-corrected chi connectivity index (χ1v) is 6.03. The Balaban J connectivity index is 1.88. The van der Waals surface area contributed by atoms with Gasteiger partial charge in [-0.05, 0) is 31.7 Å². The van der Waals surface area contributed by atoms with E-state index in [1.54, 1.807) is 19.1 Å². The Morgan fingerprint density at radius 2 is 2.28 bits per heavy atom. The monoisotopic (exact) mass is 251 g/mol. The van der Waals surface area contributed by atoms with Gasteiger partial charge in [0.1, 0.15) is 5.82 Å². The third kappa shape index (κ3) is 3.05. The molecular weight excluding hydrogens is 233 g/mol. The largest absolute Gasteiger partial charge is 0.325 e. The molecule has 1 saturated heterocycles. The van der Waals surface area contributed by atoms with Crippen molar-refractivity contribution in [1.82, 2.24) is 10.2 Å². The molecule has 0 saturated carbocycles. The molecule has 0 radical (unpaired) electrons. The van der Waals surface area contributed by atoms with Crippen LogP contribution in [0.2, 0.25) is 0 Å². The van der Waals surface area contributed by atoms with Crippen molar-refractivity contribution in [3.8, 4) is 0 Å². The zero-order valence-electron chi connectivity index (χ0n) is 10.7. The second-order valence-electron chi connectivity index (χ2n) is 4.74. The minimum absolute atomic E-state index is 0.118. The maximum atomic E-state index is 13.3. The molecule has 0 aliphatic carbocycles. The van der Waals surface area contributed by atoms with Gasteiger partial charge in [-0.1, -0.05) is 6.07 Å². The lowest BCUT2D eigenvalue weighted by atomic mass is 10.1. The van der Waals surface area contributed by atoms with E-state index in [0.717, 1.165) is 13.1 Å². The molecule has 0 spiro atoms. The molecule has 2 N–H and O–H groups in total. The van der Waals surface area contributed by atoms with E-state index in [0.29, 0.717) is 23.8 Å². The quantitative estimate of drug-likeness (QED) is 0.838. The first-order chi connectivity index (χ1) is 8.56. The van der Waals surface area contributed by atoms with Crippen LogP contribution in [0, 0.1) is 12.7 Å². The van der Waals surface area contributed by atoms with E-state index < -0.39 is 0 Å². The van der Waals surface area contributed by atoms with Crippen LogP contribution >= 0.6 is 0 Å². The SMILES string of the molecule is Cc1ccc(NC(=O)CN(C)C2CNC2)cc1F. The number of carbonyl (C=O) groups is 1. The third-order valence-corrected chi connectivity index (χ3v) is 3.23. The summed E-state index contributed by atoms with van der Waals surface area (Å²) in [7, 11) is 1.92. The maximum absolute atomic E-state index is 13.3. The summed E-state index contributed by atoms with van der Waals surface area (Å²) in [5.41, 5.74) is 1.08. The fourth-order valence-corrected chi connectivity index (χ4v) is 1.81. The van der Waals surface area contributed by atoms with Crippen molar-refractivity contribution in [3.63, 3.8) is 0 Å². The van der Waals surface area contributed by atoms with Crippen LogP contribution < -0.4 is 10.6 Å². The van der Waals surface area contributed by atoms with Gasteiger partial charge in [-0.2, -0.15) is 0 Å². The molecular formula is C13H18FN3O. The maximum Gasteiger partial charge on any atom is 0.238 e. The van der Waals surface area contributed by atoms with E-state index in [1.165, 1.54) is 6.07 Å². The van der Waals surface area contributed by atoms with Crippen LogP contribution in [-0.4, -0.2) is 43.5 Å². The minimum atomic E-state index is -0.302. The van der Waals surface area contributed by atoms with E-state index in [2.05, 4.69) is 10.6 Å². The molecule has 4 nitrogen and oxygen atoms in total. The Morgan fingerprint density at radius 3 is 2.83 bits per heavy atom. The van der Waals surface area contributed by atoms with Gasteiger partial charge in [-0.25, -0.2) is 4.39 Å². The number of nitrogens with zero attached hydrogens (tertiary/aromatic N) is 1. The van der Waals surface area contributed by atoms with Crippen molar-refractivity contribution in [2.24, 2.45) is 0 Å². The molecule has 0 aromatic heterocycles. The molecule has 18 heavy (non-hydrogen) atoms. The number of nitrogens with one attached hydrogen (secondary N) is 2. The predicted molar refractivity (Wildman–Crippen MR) is 69.1 cm³/mol. The van der Waals surface area contributed by atoms with Gasteiger partial charge in [0.2, 0.25) is 5.91 Å². The molecule has 1 aromatic rings. The Labute approximate surface area is 106 Å². The second-order valence-corrected chi connectivity index (χ2v) is 4.74. The van der Waals surface area contributed by atoms with Gasteiger partial charge in [0, 0.05) is 24.8 Å². The van der Waals surface area contributed by atoms with E-state index >= 15 is 0 Å². The minimum Gasteiger partial charge on any atom is -0.325 e. The summed E-state index contributed by atoms with van der Waals surface area (Å²) in [5.74, 6) is -0.419. The zero-order chi connectivity index (χ0) is 13.1. The van der Waals surface area contributed by atoms with Crippen molar-refractivity contribution in [3.05, 3.63) is 29.6 Å². The predicted octanol–water partition coefficient (Wildman–Crippen LogP) is 0.976. The summed E-state index contributed by atoms with van der Waals surface area (Å²) in [6.45, 7) is 3.85. The Morgan fingerprint density at radius 1 is 1.56 bits per heavy atom. The van der Waals surface area contributed by atoms with Crippen molar-refractivity contribution in [1.29, 1.82) is 0 Å². The highest BCUT2D eigenvalue weighted by Crippen LogP contribution is 2.13. The molecule has 1 fully saturated rings. The Kier molecular flexibility index (Phi) is 3.93. The number of rotatable bonds is 4. The highest BCUT2D eigenvalue weighted by Gasteiger charge is 2.22. The average molecular weight is 251 g/mol. The van der Waals surface area contributed by atoms with E-state index in [9.17, 15) is 9.18 Å². The fraction of sp³-hybridized carbons (Fsp3) is 0.462. The van der Waals surface area contributed by atoms with Crippen LogP contribution in [-0.2, 0) is 4.79 Å². The molecule has 0 atom stereocenters. The number of anilines is 1. The lowest BCUT2D eigenvalue weighted by Gasteiger charge is -2.35. The molecule has 1 heterocycles. The van der Waals surface area contributed by atoms with Crippen LogP contribution in [0.3, 0.4) is 0 Å². The summed E-state index contributed by atoms with van der Waals surface area (Å²) in [4.78, 5) is 13.8. The van der Waals surface area contributed by atoms with Gasteiger partial charge < -0.3 is 10.6 Å². The third-order valence-electron chi connectivity index (χ3n) is 3.23. The highest BCUT2D eigenvalue weighted by atomic mass is 19.1. The Hall–Kier alpha value is -1.46. The summed E-state index contributed by atoms with van der Waals surface area (Å²) in [5, 5.41) is 5.86. The summed E-state index contributed by atoms with van der Waals surface area (Å²) in [6.07, 6.45) is 0. The van der Waals surface area contributed by atoms with Gasteiger partial charge in [-0.15, -0.1) is 0 Å². The highest BCUT2D eigenvalue weighted by molar-refractivity contribution is 5.92. The fourth-order valence-electron chi connectivity index (χ4n) is 1.81. The molecule has 0 bridgehead atoms. The van der Waals surface area contributed by atoms with Crippen molar-refractivity contribution < 1.29 is 9.18 Å². The number of halogens is 1. The summed E-state index contributed by atoms with van der Waals surface area (Å²) in [6, 6.07) is 5.13. The van der Waals surface area contributed by atoms with E-state index in [-0.39, 0.29) is 11.7 Å². The lowest BCUT2D eigenvalue weighted by molar-refractivity contribution is -0.117. The second kappa shape index (κ2) is 5.46. The molecule has 1 aliphatic heterocycles. The van der Waals surface area contributed by atoms with Gasteiger partial charge in [-0.3, -0.25) is 9.69 Å². The number of amides is 1. The van der Waals surface area contributed by atoms with E-state index in [1.807, 2.05) is 11.9 Å². The van der Waals surface area contributed by atoms with Crippen LogP contribution in [0.1, 0.15) is 5.56 Å². The van der Waals surface area contributed by atoms with Gasteiger partial charge in [0.05, 0.1) is 6.54 Å². The Bertz CT molecular complexity index is 446. The molecule has 5 heteroatoms. The number of aryl methyl sites for hydroxylation is 1. The number of hydrogen-bond acceptors (Lipinski definition) is 3. The summed E-state index contributed by atoms with van der Waals surface area (Å²) < 4.78 is 13.3. The van der Waals surface area contributed by atoms with Crippen LogP contribution in [0.15, 0.2) is 18.2 Å². The van der Waals surface area contributed by atoms with Crippen LogP contribution in [0.4, 0.5) is 10.1 Å². The molecule has 2 rings (SSSR count). The summed E-state index contributed by atoms with van der Waals surface area (Å²) >= 11 is 0. The lowest BCUT2D eigenvalue weighted by Crippen LogP contribution is -2.57. The van der Waals surface area contributed by atoms with Gasteiger partial charge in [0.15, 0.2) is 0 Å². The van der Waals surface area contributed by atoms with Crippen LogP contribution in [0.5, 0.6) is 0 Å². The first kappa shape index (κ1) is 13.0. The van der Waals surface area contributed by atoms with Gasteiger partial charge in [0.25, 0.3) is 0 Å². The van der Waals surface area contributed by atoms with Crippen molar-refractivity contribution in [2.75, 3.05) is 32.0 Å². The molecule has 1 aliphatic rings. The molecule has 0 unspecified atom stereocenters. The van der Waals surface area contributed by atoms with E-state index in [4.69, 9.17) is 0 Å². The number of hydrogen-bond donors (Lipinski definition) is 2. The van der Waals surface area contributed by atoms with Crippen LogP contribution in [0.25, 0.3) is 0 Å². The average Bonchev–Trinajstić information content (AvgIpc) is 2.20. The van der Waals surface area contributed by atoms with Crippen molar-refractivity contribution >= 4 is 11.6 Å². The molecule has 1 aromatic carbocycles. The number of benzene rings is 1. The molecule has 98 valence electrons. The number of likely N-dealkylation sites (N-methyl/N-ethyl adjacent to an activating group) is 1. The van der Waals surface area contributed by atoms with Gasteiger partial charge >= 0.3 is 0 Å². The smallest absolute Gasteiger partial charge is 0.238 e. The normalized spacial score (nSPS) is 15.6. The number of carbonyl (C=O) groups excluding carboxylic acids is 1.